The third-order valence-corrected chi connectivity index (χ3v) is 4.26. The van der Waals surface area contributed by atoms with Crippen LogP contribution in [0.4, 0.5) is 13.2 Å². The Morgan fingerprint density at radius 2 is 1.66 bits per heavy atom. The van der Waals surface area contributed by atoms with Gasteiger partial charge in [0.25, 0.3) is 0 Å². The number of ether oxygens (including phenoxy) is 2. The van der Waals surface area contributed by atoms with Gasteiger partial charge in [-0.25, -0.2) is 4.79 Å². The number of para-hydroxylation sites is 1. The number of aliphatic carboxylic acids is 1. The summed E-state index contributed by atoms with van der Waals surface area (Å²) >= 11 is 0. The predicted molar refractivity (Wildman–Crippen MR) is 98.8 cm³/mol. The summed E-state index contributed by atoms with van der Waals surface area (Å²) < 4.78 is 42.6. The van der Waals surface area contributed by atoms with Crippen LogP contribution in [0.15, 0.2) is 18.2 Å². The number of carboxylic acids is 1. The highest BCUT2D eigenvalue weighted by Gasteiger charge is 2.38. The number of piperazine rings is 1. The number of primary amides is 1. The number of nitrogens with zero attached hydrogens (tertiary/aromatic N) is 2. The molecule has 0 aliphatic carbocycles. The minimum Gasteiger partial charge on any atom is -0.493 e. The number of methoxy groups -OCH3 is 2. The van der Waals surface area contributed by atoms with E-state index < -0.39 is 12.1 Å². The molecule has 1 aromatic rings. The molecule has 8 nitrogen and oxygen atoms in total. The molecular weight excluding hydrogens is 395 g/mol. The van der Waals surface area contributed by atoms with Crippen LogP contribution >= 0.6 is 0 Å². The summed E-state index contributed by atoms with van der Waals surface area (Å²) in [6.07, 6.45) is -4.65. The standard InChI is InChI=1S/C16H25N3O3.C2HF3O2/c1-21-14-5-3-4-13(16(14)22-2)12-19-10-8-18(9-11-19)7-6-15(17)20;3-2(4,5)1(6)7/h3-5H,6-12H2,1-2H3,(H2,17,20);(H,6,7). The van der Waals surface area contributed by atoms with Crippen molar-refractivity contribution < 1.29 is 37.3 Å². The Kier molecular flexibility index (Phi) is 9.69. The van der Waals surface area contributed by atoms with Gasteiger partial charge < -0.3 is 25.2 Å². The number of halogens is 3. The third kappa shape index (κ3) is 8.57. The zero-order chi connectivity index (χ0) is 22.0. The summed E-state index contributed by atoms with van der Waals surface area (Å²) in [5.41, 5.74) is 6.33. The van der Waals surface area contributed by atoms with Crippen LogP contribution in [0.1, 0.15) is 12.0 Å². The number of hydrogen-bond donors (Lipinski definition) is 2. The van der Waals surface area contributed by atoms with Crippen molar-refractivity contribution >= 4 is 11.9 Å². The molecule has 2 rings (SSSR count). The van der Waals surface area contributed by atoms with Gasteiger partial charge in [-0.3, -0.25) is 9.69 Å². The summed E-state index contributed by atoms with van der Waals surface area (Å²) in [4.78, 5) is 24.4. The van der Waals surface area contributed by atoms with E-state index in [1.165, 1.54) is 0 Å². The van der Waals surface area contributed by atoms with Crippen molar-refractivity contribution in [2.75, 3.05) is 46.9 Å². The van der Waals surface area contributed by atoms with Crippen LogP contribution in [-0.4, -0.2) is 79.9 Å². The number of hydrogen-bond acceptors (Lipinski definition) is 6. The number of rotatable bonds is 7. The highest BCUT2D eigenvalue weighted by atomic mass is 19.4. The summed E-state index contributed by atoms with van der Waals surface area (Å²) in [5, 5.41) is 7.12. The normalized spacial score (nSPS) is 15.2. The number of benzene rings is 1. The largest absolute Gasteiger partial charge is 0.493 e. The van der Waals surface area contributed by atoms with Crippen LogP contribution in [0.2, 0.25) is 0 Å². The molecule has 0 unspecified atom stereocenters. The minimum atomic E-state index is -5.08. The lowest BCUT2D eigenvalue weighted by Gasteiger charge is -2.34. The molecule has 1 aliphatic heterocycles. The molecule has 1 aromatic carbocycles. The zero-order valence-electron chi connectivity index (χ0n) is 16.4. The maximum absolute atomic E-state index is 10.8. The molecule has 1 aliphatic rings. The van der Waals surface area contributed by atoms with Crippen molar-refractivity contribution in [1.29, 1.82) is 0 Å². The molecule has 11 heteroatoms. The molecule has 0 bridgehead atoms. The van der Waals surface area contributed by atoms with Gasteiger partial charge in [-0.1, -0.05) is 12.1 Å². The van der Waals surface area contributed by atoms with Gasteiger partial charge >= 0.3 is 12.1 Å². The van der Waals surface area contributed by atoms with E-state index in [9.17, 15) is 18.0 Å². The number of nitrogens with two attached hydrogens (primary N) is 1. The van der Waals surface area contributed by atoms with Gasteiger partial charge in [0, 0.05) is 51.3 Å². The van der Waals surface area contributed by atoms with Crippen LogP contribution < -0.4 is 15.2 Å². The Bertz CT molecular complexity index is 677. The van der Waals surface area contributed by atoms with Gasteiger partial charge in [0.05, 0.1) is 14.2 Å². The van der Waals surface area contributed by atoms with E-state index in [1.54, 1.807) is 14.2 Å². The van der Waals surface area contributed by atoms with E-state index in [1.807, 2.05) is 12.1 Å². The Morgan fingerprint density at radius 3 is 2.10 bits per heavy atom. The van der Waals surface area contributed by atoms with Crippen LogP contribution in [-0.2, 0) is 16.1 Å². The fraction of sp³-hybridized carbons (Fsp3) is 0.556. The zero-order valence-corrected chi connectivity index (χ0v) is 16.4. The molecular formula is C18H26F3N3O5. The first-order valence-corrected chi connectivity index (χ1v) is 8.81. The quantitative estimate of drug-likeness (QED) is 0.684. The predicted octanol–water partition coefficient (Wildman–Crippen LogP) is 1.33. The minimum absolute atomic E-state index is 0.233. The molecule has 0 saturated carbocycles. The number of carbonyl (C=O) groups excluding carboxylic acids is 1. The number of amides is 1. The van der Waals surface area contributed by atoms with E-state index in [2.05, 4.69) is 15.9 Å². The van der Waals surface area contributed by atoms with E-state index in [-0.39, 0.29) is 5.91 Å². The van der Waals surface area contributed by atoms with Crippen molar-refractivity contribution in [3.8, 4) is 11.5 Å². The van der Waals surface area contributed by atoms with Crippen LogP contribution in [0, 0.1) is 0 Å². The van der Waals surface area contributed by atoms with E-state index >= 15 is 0 Å². The summed E-state index contributed by atoms with van der Waals surface area (Å²) in [5.74, 6) is -1.42. The van der Waals surface area contributed by atoms with Crippen molar-refractivity contribution in [1.82, 2.24) is 9.80 Å². The van der Waals surface area contributed by atoms with Crippen molar-refractivity contribution in [3.63, 3.8) is 0 Å². The highest BCUT2D eigenvalue weighted by Crippen LogP contribution is 2.31. The molecule has 0 aromatic heterocycles. The molecule has 0 radical (unpaired) electrons. The second kappa shape index (κ2) is 11.5. The van der Waals surface area contributed by atoms with E-state index in [0.29, 0.717) is 6.42 Å². The Hall–Kier alpha value is -2.53. The first-order valence-electron chi connectivity index (χ1n) is 8.81. The summed E-state index contributed by atoms with van der Waals surface area (Å²) in [7, 11) is 3.32. The Balaban J connectivity index is 0.000000516. The molecule has 3 N–H and O–H groups in total. The maximum atomic E-state index is 10.8. The molecule has 29 heavy (non-hydrogen) atoms. The van der Waals surface area contributed by atoms with Crippen molar-refractivity contribution in [2.45, 2.75) is 19.1 Å². The van der Waals surface area contributed by atoms with Gasteiger partial charge in [0.15, 0.2) is 11.5 Å². The first kappa shape index (κ1) is 24.5. The molecule has 0 spiro atoms. The SMILES string of the molecule is COc1cccc(CN2CCN(CCC(N)=O)CC2)c1OC.O=C(O)C(F)(F)F. The van der Waals surface area contributed by atoms with E-state index in [4.69, 9.17) is 25.1 Å². The average molecular weight is 421 g/mol. The smallest absolute Gasteiger partial charge is 0.490 e. The average Bonchev–Trinajstić information content (AvgIpc) is 2.66. The molecule has 164 valence electrons. The molecule has 1 fully saturated rings. The van der Waals surface area contributed by atoms with E-state index in [0.717, 1.165) is 56.3 Å². The highest BCUT2D eigenvalue weighted by molar-refractivity contribution is 5.74. The van der Waals surface area contributed by atoms with Crippen LogP contribution in [0.5, 0.6) is 11.5 Å². The lowest BCUT2D eigenvalue weighted by molar-refractivity contribution is -0.192. The first-order chi connectivity index (χ1) is 13.6. The van der Waals surface area contributed by atoms with Gasteiger partial charge in [0.2, 0.25) is 5.91 Å². The van der Waals surface area contributed by atoms with Gasteiger partial charge in [-0.05, 0) is 6.07 Å². The van der Waals surface area contributed by atoms with Gasteiger partial charge in [-0.2, -0.15) is 13.2 Å². The molecule has 1 saturated heterocycles. The number of alkyl halides is 3. The summed E-state index contributed by atoms with van der Waals surface area (Å²) in [6, 6.07) is 5.96. The number of carbonyl (C=O) groups is 2. The van der Waals surface area contributed by atoms with Gasteiger partial charge in [0.1, 0.15) is 0 Å². The monoisotopic (exact) mass is 421 g/mol. The summed E-state index contributed by atoms with van der Waals surface area (Å²) in [6.45, 7) is 5.45. The molecule has 0 atom stereocenters. The maximum Gasteiger partial charge on any atom is 0.490 e. The lowest BCUT2D eigenvalue weighted by Crippen LogP contribution is -2.46. The van der Waals surface area contributed by atoms with Crippen molar-refractivity contribution in [3.05, 3.63) is 23.8 Å². The van der Waals surface area contributed by atoms with Gasteiger partial charge in [-0.15, -0.1) is 0 Å². The second-order valence-corrected chi connectivity index (χ2v) is 6.29. The number of carboxylic acid groups (broad SMARTS) is 1. The fourth-order valence-electron chi connectivity index (χ4n) is 2.76. The third-order valence-electron chi connectivity index (χ3n) is 4.26. The molecule has 1 heterocycles. The Labute approximate surface area is 167 Å². The van der Waals surface area contributed by atoms with Crippen LogP contribution in [0.25, 0.3) is 0 Å². The Morgan fingerprint density at radius 1 is 1.10 bits per heavy atom. The lowest BCUT2D eigenvalue weighted by atomic mass is 10.1. The van der Waals surface area contributed by atoms with Crippen molar-refractivity contribution in [2.24, 2.45) is 5.73 Å². The molecule has 1 amide bonds. The topological polar surface area (TPSA) is 105 Å². The fourth-order valence-corrected chi connectivity index (χ4v) is 2.76. The second-order valence-electron chi connectivity index (χ2n) is 6.29. The van der Waals surface area contributed by atoms with Crippen LogP contribution in [0.3, 0.4) is 0 Å².